The van der Waals surface area contributed by atoms with Crippen molar-refractivity contribution in [2.75, 3.05) is 18.4 Å². The van der Waals surface area contributed by atoms with Crippen LogP contribution in [0.15, 0.2) is 12.4 Å². The second-order valence-electron chi connectivity index (χ2n) is 2.99. The lowest BCUT2D eigenvalue weighted by Gasteiger charge is -2.05. The van der Waals surface area contributed by atoms with Crippen LogP contribution in [0, 0.1) is 0 Å². The minimum atomic E-state index is 0.0641. The molecule has 1 heterocycles. The van der Waals surface area contributed by atoms with Crippen molar-refractivity contribution in [2.24, 2.45) is 7.05 Å². The fourth-order valence-corrected chi connectivity index (χ4v) is 1.11. The van der Waals surface area contributed by atoms with Gasteiger partial charge in [-0.25, -0.2) is 4.98 Å². The van der Waals surface area contributed by atoms with E-state index in [0.29, 0.717) is 19.5 Å². The topological polar surface area (TPSA) is 59.0 Å². The van der Waals surface area contributed by atoms with Gasteiger partial charge in [0.05, 0.1) is 0 Å². The molecule has 14 heavy (non-hydrogen) atoms. The summed E-state index contributed by atoms with van der Waals surface area (Å²) in [4.78, 5) is 15.2. The Morgan fingerprint density at radius 2 is 2.43 bits per heavy atom. The van der Waals surface area contributed by atoms with E-state index in [1.54, 1.807) is 6.20 Å². The summed E-state index contributed by atoms with van der Waals surface area (Å²) in [6.45, 7) is 3.20. The molecule has 0 unspecified atom stereocenters. The highest BCUT2D eigenvalue weighted by Crippen LogP contribution is 1.99. The number of nitrogens with zero attached hydrogens (tertiary/aromatic N) is 2. The third-order valence-corrected chi connectivity index (χ3v) is 1.83. The zero-order chi connectivity index (χ0) is 10.4. The molecule has 0 aliphatic heterocycles. The summed E-state index contributed by atoms with van der Waals surface area (Å²) < 4.78 is 1.87. The van der Waals surface area contributed by atoms with Crippen LogP contribution in [0.2, 0.25) is 0 Å². The van der Waals surface area contributed by atoms with Gasteiger partial charge < -0.3 is 15.2 Å². The molecule has 0 spiro atoms. The summed E-state index contributed by atoms with van der Waals surface area (Å²) >= 11 is 0. The Kier molecular flexibility index (Phi) is 3.97. The fourth-order valence-electron chi connectivity index (χ4n) is 1.11. The highest BCUT2D eigenvalue weighted by atomic mass is 16.1. The number of hydrogen-bond acceptors (Lipinski definition) is 3. The van der Waals surface area contributed by atoms with Crippen molar-refractivity contribution in [3.05, 3.63) is 12.4 Å². The van der Waals surface area contributed by atoms with Crippen LogP contribution in [-0.2, 0) is 11.8 Å². The van der Waals surface area contributed by atoms with Crippen molar-refractivity contribution in [3.8, 4) is 0 Å². The highest BCUT2D eigenvalue weighted by molar-refractivity contribution is 5.76. The van der Waals surface area contributed by atoms with E-state index in [1.807, 2.05) is 24.7 Å². The number of imidazole rings is 1. The number of anilines is 1. The number of aryl methyl sites for hydroxylation is 1. The minimum absolute atomic E-state index is 0.0641. The predicted octanol–water partition coefficient (Wildman–Crippen LogP) is 0.358. The molecule has 1 rings (SSSR count). The number of aromatic nitrogens is 2. The predicted molar refractivity (Wildman–Crippen MR) is 55.0 cm³/mol. The number of hydrogen-bond donors (Lipinski definition) is 2. The molecule has 1 amide bonds. The first-order valence-electron chi connectivity index (χ1n) is 4.72. The van der Waals surface area contributed by atoms with Crippen LogP contribution in [0.25, 0.3) is 0 Å². The monoisotopic (exact) mass is 196 g/mol. The van der Waals surface area contributed by atoms with Crippen LogP contribution in [0.4, 0.5) is 5.95 Å². The molecule has 2 N–H and O–H groups in total. The van der Waals surface area contributed by atoms with Crippen LogP contribution in [-0.4, -0.2) is 28.5 Å². The third kappa shape index (κ3) is 3.08. The molecule has 0 aliphatic carbocycles. The van der Waals surface area contributed by atoms with E-state index in [9.17, 15) is 4.79 Å². The molecule has 0 fully saturated rings. The second kappa shape index (κ2) is 5.26. The van der Waals surface area contributed by atoms with Crippen molar-refractivity contribution in [3.63, 3.8) is 0 Å². The molecule has 0 saturated carbocycles. The number of carbonyl (C=O) groups is 1. The fraction of sp³-hybridized carbons (Fsp3) is 0.556. The molecule has 78 valence electrons. The summed E-state index contributed by atoms with van der Waals surface area (Å²) in [6, 6.07) is 0. The van der Waals surface area contributed by atoms with E-state index in [2.05, 4.69) is 15.6 Å². The number of amides is 1. The van der Waals surface area contributed by atoms with Crippen LogP contribution >= 0.6 is 0 Å². The van der Waals surface area contributed by atoms with Gasteiger partial charge >= 0.3 is 0 Å². The molecule has 0 saturated heterocycles. The summed E-state index contributed by atoms with van der Waals surface area (Å²) in [5.74, 6) is 0.850. The molecule has 0 bridgehead atoms. The largest absolute Gasteiger partial charge is 0.356 e. The van der Waals surface area contributed by atoms with Crippen LogP contribution < -0.4 is 10.6 Å². The average molecular weight is 196 g/mol. The molecule has 0 aromatic carbocycles. The Balaban J connectivity index is 2.22. The van der Waals surface area contributed by atoms with Crippen molar-refractivity contribution in [1.82, 2.24) is 14.9 Å². The van der Waals surface area contributed by atoms with E-state index < -0.39 is 0 Å². The summed E-state index contributed by atoms with van der Waals surface area (Å²) in [7, 11) is 1.90. The lowest BCUT2D eigenvalue weighted by Crippen LogP contribution is -2.25. The van der Waals surface area contributed by atoms with Crippen molar-refractivity contribution < 1.29 is 4.79 Å². The van der Waals surface area contributed by atoms with Crippen LogP contribution in [0.5, 0.6) is 0 Å². The lowest BCUT2D eigenvalue weighted by molar-refractivity contribution is -0.120. The highest BCUT2D eigenvalue weighted by Gasteiger charge is 2.00. The maximum Gasteiger partial charge on any atom is 0.221 e. The van der Waals surface area contributed by atoms with Gasteiger partial charge in [0.1, 0.15) is 0 Å². The van der Waals surface area contributed by atoms with E-state index in [4.69, 9.17) is 0 Å². The molecule has 0 atom stereocenters. The van der Waals surface area contributed by atoms with Gasteiger partial charge in [0.15, 0.2) is 0 Å². The first-order chi connectivity index (χ1) is 6.74. The van der Waals surface area contributed by atoms with E-state index >= 15 is 0 Å². The third-order valence-electron chi connectivity index (χ3n) is 1.83. The Morgan fingerprint density at radius 3 is 3.00 bits per heavy atom. The molecule has 0 radical (unpaired) electrons. The number of nitrogens with one attached hydrogen (secondary N) is 2. The van der Waals surface area contributed by atoms with Gasteiger partial charge in [0.2, 0.25) is 11.9 Å². The molecule has 1 aromatic heterocycles. The standard InChI is InChI=1S/C9H16N4O/c1-3-10-8(14)4-5-11-9-12-6-7-13(9)2/h6-7H,3-5H2,1-2H3,(H,10,14)(H,11,12). The van der Waals surface area contributed by atoms with Crippen molar-refractivity contribution >= 4 is 11.9 Å². The van der Waals surface area contributed by atoms with Crippen molar-refractivity contribution in [1.29, 1.82) is 0 Å². The zero-order valence-electron chi connectivity index (χ0n) is 8.58. The molecular weight excluding hydrogens is 180 g/mol. The van der Waals surface area contributed by atoms with Gasteiger partial charge in [0, 0.05) is 39.0 Å². The molecule has 1 aromatic rings. The van der Waals surface area contributed by atoms with Crippen molar-refractivity contribution in [2.45, 2.75) is 13.3 Å². The van der Waals surface area contributed by atoms with E-state index in [0.717, 1.165) is 5.95 Å². The molecular formula is C9H16N4O. The first-order valence-corrected chi connectivity index (χ1v) is 4.72. The normalized spacial score (nSPS) is 9.86. The Labute approximate surface area is 83.5 Å². The van der Waals surface area contributed by atoms with Gasteiger partial charge in [-0.15, -0.1) is 0 Å². The maximum atomic E-state index is 11.1. The van der Waals surface area contributed by atoms with Gasteiger partial charge in [-0.1, -0.05) is 0 Å². The van der Waals surface area contributed by atoms with Gasteiger partial charge in [-0.3, -0.25) is 4.79 Å². The Hall–Kier alpha value is -1.52. The van der Waals surface area contributed by atoms with E-state index in [1.165, 1.54) is 0 Å². The molecule has 0 aliphatic rings. The second-order valence-corrected chi connectivity index (χ2v) is 2.99. The first kappa shape index (κ1) is 10.6. The van der Waals surface area contributed by atoms with E-state index in [-0.39, 0.29) is 5.91 Å². The molecule has 5 heteroatoms. The summed E-state index contributed by atoms with van der Waals surface area (Å²) in [5.41, 5.74) is 0. The van der Waals surface area contributed by atoms with Gasteiger partial charge in [-0.2, -0.15) is 0 Å². The summed E-state index contributed by atoms with van der Waals surface area (Å²) in [6.07, 6.45) is 4.05. The average Bonchev–Trinajstić information content (AvgIpc) is 2.52. The van der Waals surface area contributed by atoms with Crippen LogP contribution in [0.1, 0.15) is 13.3 Å². The Bertz CT molecular complexity index is 295. The zero-order valence-corrected chi connectivity index (χ0v) is 8.58. The Morgan fingerprint density at radius 1 is 1.64 bits per heavy atom. The SMILES string of the molecule is CCNC(=O)CCNc1nccn1C. The maximum absolute atomic E-state index is 11.1. The minimum Gasteiger partial charge on any atom is -0.356 e. The van der Waals surface area contributed by atoms with Crippen LogP contribution in [0.3, 0.4) is 0 Å². The number of carbonyl (C=O) groups excluding carboxylic acids is 1. The smallest absolute Gasteiger partial charge is 0.221 e. The van der Waals surface area contributed by atoms with Gasteiger partial charge in [-0.05, 0) is 6.92 Å². The van der Waals surface area contributed by atoms with Gasteiger partial charge in [0.25, 0.3) is 0 Å². The molecule has 5 nitrogen and oxygen atoms in total. The lowest BCUT2D eigenvalue weighted by atomic mass is 10.4. The number of rotatable bonds is 5. The quantitative estimate of drug-likeness (QED) is 0.714. The summed E-state index contributed by atoms with van der Waals surface area (Å²) in [5, 5.41) is 5.81.